The Bertz CT molecular complexity index is 455. The third-order valence-electron chi connectivity index (χ3n) is 4.38. The Balaban J connectivity index is 3.03. The first-order chi connectivity index (χ1) is 9.96. The highest BCUT2D eigenvalue weighted by Crippen LogP contribution is 2.33. The minimum Gasteiger partial charge on any atom is -0.382 e. The molecule has 1 aromatic carbocycles. The molecule has 0 spiro atoms. The van der Waals surface area contributed by atoms with Crippen LogP contribution in [0, 0.1) is 18.7 Å². The van der Waals surface area contributed by atoms with Crippen LogP contribution in [0.2, 0.25) is 0 Å². The topological polar surface area (TPSA) is 12.0 Å². The second-order valence-corrected chi connectivity index (χ2v) is 6.28. The molecule has 118 valence electrons. The SMILES string of the molecule is C=CNC(C)(CC(CC)CCCC)c1ccc(C)cc1F. The van der Waals surface area contributed by atoms with Crippen molar-refractivity contribution < 1.29 is 4.39 Å². The average molecular weight is 291 g/mol. The second kappa shape index (κ2) is 8.21. The number of unbranched alkanes of at least 4 members (excludes halogenated alkanes) is 1. The lowest BCUT2D eigenvalue weighted by Gasteiger charge is -2.35. The van der Waals surface area contributed by atoms with E-state index in [1.165, 1.54) is 19.3 Å². The van der Waals surface area contributed by atoms with Crippen molar-refractivity contribution in [2.24, 2.45) is 5.92 Å². The molecule has 21 heavy (non-hydrogen) atoms. The summed E-state index contributed by atoms with van der Waals surface area (Å²) in [5, 5.41) is 3.30. The van der Waals surface area contributed by atoms with Crippen molar-refractivity contribution in [1.82, 2.24) is 5.32 Å². The van der Waals surface area contributed by atoms with E-state index < -0.39 is 5.54 Å². The average Bonchev–Trinajstić information content (AvgIpc) is 2.43. The van der Waals surface area contributed by atoms with Crippen LogP contribution < -0.4 is 5.32 Å². The zero-order chi connectivity index (χ0) is 15.9. The summed E-state index contributed by atoms with van der Waals surface area (Å²) in [6, 6.07) is 5.51. The fraction of sp³-hybridized carbons (Fsp3) is 0.579. The van der Waals surface area contributed by atoms with Crippen LogP contribution >= 0.6 is 0 Å². The van der Waals surface area contributed by atoms with E-state index in [0.29, 0.717) is 5.92 Å². The van der Waals surface area contributed by atoms with Gasteiger partial charge in [0.15, 0.2) is 0 Å². The standard InChI is InChI=1S/C19H30FN/c1-6-9-10-16(7-2)14-19(5,21-8-3)17-12-11-15(4)13-18(17)20/h8,11-13,16,21H,3,6-7,9-10,14H2,1-2,4-5H3. The maximum atomic E-state index is 14.4. The molecule has 0 heterocycles. The van der Waals surface area contributed by atoms with Gasteiger partial charge in [0.05, 0.1) is 5.54 Å². The zero-order valence-electron chi connectivity index (χ0n) is 14.0. The summed E-state index contributed by atoms with van der Waals surface area (Å²) in [7, 11) is 0. The molecule has 0 fully saturated rings. The van der Waals surface area contributed by atoms with Crippen molar-refractivity contribution >= 4 is 0 Å². The molecule has 1 aromatic rings. The van der Waals surface area contributed by atoms with Crippen LogP contribution in [0.1, 0.15) is 64.0 Å². The van der Waals surface area contributed by atoms with E-state index in [4.69, 9.17) is 0 Å². The van der Waals surface area contributed by atoms with Gasteiger partial charge in [-0.1, -0.05) is 58.2 Å². The molecule has 0 aromatic heterocycles. The first-order valence-electron chi connectivity index (χ1n) is 8.12. The number of halogens is 1. The van der Waals surface area contributed by atoms with E-state index >= 15 is 0 Å². The molecule has 0 amide bonds. The smallest absolute Gasteiger partial charge is 0.129 e. The van der Waals surface area contributed by atoms with Crippen LogP contribution in [-0.2, 0) is 5.54 Å². The van der Waals surface area contributed by atoms with Gasteiger partial charge >= 0.3 is 0 Å². The Hall–Kier alpha value is -1.31. The maximum Gasteiger partial charge on any atom is 0.129 e. The molecule has 2 heteroatoms. The Morgan fingerprint density at radius 2 is 2.10 bits per heavy atom. The summed E-state index contributed by atoms with van der Waals surface area (Å²) in [5.74, 6) is 0.472. The monoisotopic (exact) mass is 291 g/mol. The van der Waals surface area contributed by atoms with Crippen molar-refractivity contribution in [3.63, 3.8) is 0 Å². The minimum atomic E-state index is -0.395. The first-order valence-corrected chi connectivity index (χ1v) is 8.12. The molecule has 1 N–H and O–H groups in total. The van der Waals surface area contributed by atoms with Crippen molar-refractivity contribution in [3.8, 4) is 0 Å². The van der Waals surface area contributed by atoms with Crippen molar-refractivity contribution in [2.45, 2.75) is 65.3 Å². The molecule has 0 saturated heterocycles. The summed E-state index contributed by atoms with van der Waals surface area (Å²) in [6.45, 7) is 12.2. The molecule has 0 aliphatic carbocycles. The molecular weight excluding hydrogens is 261 g/mol. The molecule has 2 unspecified atom stereocenters. The van der Waals surface area contributed by atoms with Gasteiger partial charge in [-0.25, -0.2) is 4.39 Å². The lowest BCUT2D eigenvalue weighted by Crippen LogP contribution is -2.38. The first kappa shape index (κ1) is 17.7. The number of hydrogen-bond acceptors (Lipinski definition) is 1. The fourth-order valence-corrected chi connectivity index (χ4v) is 3.06. The Morgan fingerprint density at radius 1 is 1.38 bits per heavy atom. The third-order valence-corrected chi connectivity index (χ3v) is 4.38. The summed E-state index contributed by atoms with van der Waals surface area (Å²) < 4.78 is 14.4. The van der Waals surface area contributed by atoms with E-state index in [0.717, 1.165) is 24.0 Å². The van der Waals surface area contributed by atoms with Gasteiger partial charge in [-0.2, -0.15) is 0 Å². The highest BCUT2D eigenvalue weighted by atomic mass is 19.1. The van der Waals surface area contributed by atoms with Gasteiger partial charge < -0.3 is 5.32 Å². The van der Waals surface area contributed by atoms with E-state index in [2.05, 4.69) is 32.7 Å². The quantitative estimate of drug-likeness (QED) is 0.616. The van der Waals surface area contributed by atoms with E-state index in [1.807, 2.05) is 19.1 Å². The molecule has 1 rings (SSSR count). The Morgan fingerprint density at radius 3 is 2.62 bits per heavy atom. The predicted octanol–water partition coefficient (Wildman–Crippen LogP) is 5.69. The van der Waals surface area contributed by atoms with E-state index in [9.17, 15) is 4.39 Å². The molecule has 1 nitrogen and oxygen atoms in total. The Labute approximate surface area is 129 Å². The molecular formula is C19H30FN. The van der Waals surface area contributed by atoms with Crippen LogP contribution in [0.3, 0.4) is 0 Å². The highest BCUT2D eigenvalue weighted by molar-refractivity contribution is 5.30. The summed E-state index contributed by atoms with van der Waals surface area (Å²) in [6.07, 6.45) is 7.39. The molecule has 2 atom stereocenters. The van der Waals surface area contributed by atoms with Crippen LogP contribution in [0.25, 0.3) is 0 Å². The molecule has 0 aliphatic heterocycles. The predicted molar refractivity (Wildman–Crippen MR) is 89.7 cm³/mol. The second-order valence-electron chi connectivity index (χ2n) is 6.28. The van der Waals surface area contributed by atoms with E-state index in [-0.39, 0.29) is 5.82 Å². The number of aryl methyl sites for hydroxylation is 1. The van der Waals surface area contributed by atoms with Gasteiger partial charge in [0.25, 0.3) is 0 Å². The van der Waals surface area contributed by atoms with Crippen molar-refractivity contribution in [1.29, 1.82) is 0 Å². The normalized spacial score (nSPS) is 15.3. The molecule has 0 aliphatic rings. The van der Waals surface area contributed by atoms with Crippen LogP contribution in [0.4, 0.5) is 4.39 Å². The third kappa shape index (κ3) is 4.87. The molecule has 0 bridgehead atoms. The molecule has 0 radical (unpaired) electrons. The van der Waals surface area contributed by atoms with E-state index in [1.54, 1.807) is 12.3 Å². The number of benzene rings is 1. The molecule has 0 saturated carbocycles. The number of rotatable bonds is 9. The lowest BCUT2D eigenvalue weighted by molar-refractivity contribution is 0.276. The minimum absolute atomic E-state index is 0.128. The van der Waals surface area contributed by atoms with Gasteiger partial charge in [0, 0.05) is 5.56 Å². The van der Waals surface area contributed by atoms with Crippen LogP contribution in [0.5, 0.6) is 0 Å². The summed E-state index contributed by atoms with van der Waals surface area (Å²) in [5.41, 5.74) is 1.30. The highest BCUT2D eigenvalue weighted by Gasteiger charge is 2.30. The number of hydrogen-bond donors (Lipinski definition) is 1. The van der Waals surface area contributed by atoms with Gasteiger partial charge in [-0.05, 0) is 44.0 Å². The fourth-order valence-electron chi connectivity index (χ4n) is 3.06. The number of nitrogens with one attached hydrogen (secondary N) is 1. The summed E-state index contributed by atoms with van der Waals surface area (Å²) >= 11 is 0. The van der Waals surface area contributed by atoms with Gasteiger partial charge in [0.2, 0.25) is 0 Å². The van der Waals surface area contributed by atoms with Gasteiger partial charge in [-0.15, -0.1) is 0 Å². The summed E-state index contributed by atoms with van der Waals surface area (Å²) in [4.78, 5) is 0. The lowest BCUT2D eigenvalue weighted by atomic mass is 9.79. The van der Waals surface area contributed by atoms with Crippen molar-refractivity contribution in [2.75, 3.05) is 0 Å². The van der Waals surface area contributed by atoms with Crippen LogP contribution in [0.15, 0.2) is 31.0 Å². The van der Waals surface area contributed by atoms with Gasteiger partial charge in [-0.3, -0.25) is 0 Å². The largest absolute Gasteiger partial charge is 0.382 e. The van der Waals surface area contributed by atoms with Crippen LogP contribution in [-0.4, -0.2) is 0 Å². The zero-order valence-corrected chi connectivity index (χ0v) is 14.0. The maximum absolute atomic E-state index is 14.4. The van der Waals surface area contributed by atoms with Crippen molar-refractivity contribution in [3.05, 3.63) is 47.9 Å². The van der Waals surface area contributed by atoms with Gasteiger partial charge in [0.1, 0.15) is 5.82 Å². The Kier molecular flexibility index (Phi) is 6.94.